The number of anilines is 1. The average Bonchev–Trinajstić information content (AvgIpc) is 2.59. The van der Waals surface area contributed by atoms with Gasteiger partial charge in [-0.25, -0.2) is 4.79 Å². The number of benzene rings is 1. The molecule has 0 heterocycles. The van der Waals surface area contributed by atoms with Crippen molar-refractivity contribution in [2.24, 2.45) is 5.92 Å². The van der Waals surface area contributed by atoms with Crippen molar-refractivity contribution < 1.29 is 37.0 Å². The second kappa shape index (κ2) is 10.6. The van der Waals surface area contributed by atoms with Crippen LogP contribution in [0.2, 0.25) is 0 Å². The first-order valence-electron chi connectivity index (χ1n) is 8.45. The van der Waals surface area contributed by atoms with E-state index in [1.165, 1.54) is 13.2 Å². The van der Waals surface area contributed by atoms with E-state index < -0.39 is 48.8 Å². The first kappa shape index (κ1) is 23.4. The summed E-state index contributed by atoms with van der Waals surface area (Å²) in [6.07, 6.45) is -4.16. The summed E-state index contributed by atoms with van der Waals surface area (Å²) < 4.78 is 47.5. The summed E-state index contributed by atoms with van der Waals surface area (Å²) >= 11 is 0. The highest BCUT2D eigenvalue weighted by atomic mass is 19.4. The van der Waals surface area contributed by atoms with Gasteiger partial charge in [0, 0.05) is 5.69 Å². The molecule has 156 valence electrons. The van der Waals surface area contributed by atoms with Gasteiger partial charge in [0.1, 0.15) is 19.3 Å². The van der Waals surface area contributed by atoms with E-state index in [4.69, 9.17) is 4.74 Å². The van der Waals surface area contributed by atoms with Crippen molar-refractivity contribution in [3.8, 4) is 0 Å². The number of alkyl halides is 3. The lowest BCUT2D eigenvalue weighted by atomic mass is 10.0. The molecule has 0 saturated carbocycles. The summed E-state index contributed by atoms with van der Waals surface area (Å²) in [5.41, 5.74) is -0.944. The summed E-state index contributed by atoms with van der Waals surface area (Å²) in [5, 5.41) is 4.70. The van der Waals surface area contributed by atoms with Crippen LogP contribution in [0.5, 0.6) is 0 Å². The molecule has 0 aliphatic rings. The molecule has 1 aromatic rings. The number of carbonyl (C=O) groups excluding carboxylic acids is 3. The third-order valence-corrected chi connectivity index (χ3v) is 3.47. The Balaban J connectivity index is 2.47. The van der Waals surface area contributed by atoms with Gasteiger partial charge >= 0.3 is 12.1 Å². The number of methoxy groups -OCH3 is 1. The van der Waals surface area contributed by atoms with Gasteiger partial charge in [0.25, 0.3) is 0 Å². The van der Waals surface area contributed by atoms with Crippen LogP contribution in [0.1, 0.15) is 25.8 Å². The molecule has 0 aliphatic carbocycles. The summed E-state index contributed by atoms with van der Waals surface area (Å²) in [5.74, 6) is -1.81. The maximum Gasteiger partial charge on any atom is 0.416 e. The average molecular weight is 404 g/mol. The zero-order valence-electron chi connectivity index (χ0n) is 15.8. The Morgan fingerprint density at radius 3 is 2.32 bits per heavy atom. The Kier molecular flexibility index (Phi) is 8.90. The number of rotatable bonds is 9. The molecular weight excluding hydrogens is 381 g/mol. The molecule has 0 bridgehead atoms. The van der Waals surface area contributed by atoms with Crippen LogP contribution in [0, 0.1) is 5.92 Å². The van der Waals surface area contributed by atoms with Crippen molar-refractivity contribution in [2.45, 2.75) is 32.5 Å². The Bertz CT molecular complexity index is 692. The van der Waals surface area contributed by atoms with Gasteiger partial charge in [-0.05, 0) is 30.5 Å². The molecule has 2 amide bonds. The molecule has 0 aromatic heterocycles. The molecule has 0 aliphatic heterocycles. The third-order valence-electron chi connectivity index (χ3n) is 3.47. The normalized spacial score (nSPS) is 12.4. The van der Waals surface area contributed by atoms with Crippen LogP contribution >= 0.6 is 0 Å². The number of ether oxygens (including phenoxy) is 2. The highest BCUT2D eigenvalue weighted by molar-refractivity contribution is 5.92. The topological polar surface area (TPSA) is 93.7 Å². The first-order chi connectivity index (χ1) is 13.0. The second-order valence-electron chi connectivity index (χ2n) is 6.39. The standard InChI is InChI=1S/C18H23F3N2O5/c1-11(2)7-14(17(26)27-3)23-16(25)10-28-9-15(24)22-13-6-4-5-12(8-13)18(19,20)21/h4-6,8,11,14H,7,9-10H2,1-3H3,(H,22,24)(H,23,25). The largest absolute Gasteiger partial charge is 0.467 e. The molecule has 1 unspecified atom stereocenters. The Hall–Kier alpha value is -2.62. The number of hydrogen-bond donors (Lipinski definition) is 2. The molecule has 1 aromatic carbocycles. The van der Waals surface area contributed by atoms with E-state index in [9.17, 15) is 27.6 Å². The number of hydrogen-bond acceptors (Lipinski definition) is 5. The molecule has 0 fully saturated rings. The lowest BCUT2D eigenvalue weighted by molar-refractivity contribution is -0.146. The first-order valence-corrected chi connectivity index (χ1v) is 8.45. The predicted molar refractivity (Wildman–Crippen MR) is 94.3 cm³/mol. The summed E-state index contributed by atoms with van der Waals surface area (Å²) in [6, 6.07) is 3.30. The summed E-state index contributed by atoms with van der Waals surface area (Å²) in [4.78, 5) is 35.2. The van der Waals surface area contributed by atoms with Crippen molar-refractivity contribution >= 4 is 23.5 Å². The van der Waals surface area contributed by atoms with Gasteiger partial charge in [0.15, 0.2) is 0 Å². The highest BCUT2D eigenvalue weighted by Gasteiger charge is 2.30. The van der Waals surface area contributed by atoms with Crippen LogP contribution in [-0.2, 0) is 30.0 Å². The van der Waals surface area contributed by atoms with Gasteiger partial charge in [-0.1, -0.05) is 19.9 Å². The van der Waals surface area contributed by atoms with Crippen LogP contribution < -0.4 is 10.6 Å². The van der Waals surface area contributed by atoms with E-state index in [0.717, 1.165) is 18.2 Å². The number of nitrogens with one attached hydrogen (secondary N) is 2. The second-order valence-corrected chi connectivity index (χ2v) is 6.39. The molecule has 0 spiro atoms. The maximum atomic E-state index is 12.6. The molecular formula is C18H23F3N2O5. The molecule has 0 saturated heterocycles. The minimum absolute atomic E-state index is 0.0458. The van der Waals surface area contributed by atoms with Gasteiger partial charge in [-0.3, -0.25) is 9.59 Å². The van der Waals surface area contributed by atoms with Crippen LogP contribution in [0.3, 0.4) is 0 Å². The van der Waals surface area contributed by atoms with Crippen molar-refractivity contribution in [1.29, 1.82) is 0 Å². The van der Waals surface area contributed by atoms with Crippen LogP contribution in [0.15, 0.2) is 24.3 Å². The fourth-order valence-electron chi connectivity index (χ4n) is 2.27. The Morgan fingerprint density at radius 2 is 1.75 bits per heavy atom. The predicted octanol–water partition coefficient (Wildman–Crippen LogP) is 2.36. The van der Waals surface area contributed by atoms with E-state index in [0.29, 0.717) is 6.42 Å². The van der Waals surface area contributed by atoms with Gasteiger partial charge in [0.2, 0.25) is 11.8 Å². The smallest absolute Gasteiger partial charge is 0.416 e. The van der Waals surface area contributed by atoms with E-state index >= 15 is 0 Å². The number of halogens is 3. The van der Waals surface area contributed by atoms with E-state index in [1.807, 2.05) is 13.8 Å². The molecule has 1 atom stereocenters. The number of esters is 1. The lowest BCUT2D eigenvalue weighted by Gasteiger charge is -2.18. The molecule has 10 heteroatoms. The Morgan fingerprint density at radius 1 is 1.11 bits per heavy atom. The van der Waals surface area contributed by atoms with Crippen molar-refractivity contribution in [2.75, 3.05) is 25.6 Å². The zero-order chi connectivity index (χ0) is 21.3. The lowest BCUT2D eigenvalue weighted by Crippen LogP contribution is -2.44. The number of amides is 2. The molecule has 0 radical (unpaired) electrons. The van der Waals surface area contributed by atoms with E-state index in [1.54, 1.807) is 0 Å². The molecule has 1 rings (SSSR count). The van der Waals surface area contributed by atoms with Crippen LogP contribution in [0.25, 0.3) is 0 Å². The third kappa shape index (κ3) is 8.38. The van der Waals surface area contributed by atoms with Crippen LogP contribution in [-0.4, -0.2) is 44.1 Å². The monoisotopic (exact) mass is 404 g/mol. The van der Waals surface area contributed by atoms with Gasteiger partial charge < -0.3 is 20.1 Å². The van der Waals surface area contributed by atoms with Crippen LogP contribution in [0.4, 0.5) is 18.9 Å². The minimum Gasteiger partial charge on any atom is -0.467 e. The molecule has 2 N–H and O–H groups in total. The number of carbonyl (C=O) groups is 3. The van der Waals surface area contributed by atoms with Gasteiger partial charge in [-0.15, -0.1) is 0 Å². The highest BCUT2D eigenvalue weighted by Crippen LogP contribution is 2.30. The Labute approximate surface area is 160 Å². The van der Waals surface area contributed by atoms with E-state index in [2.05, 4.69) is 15.4 Å². The van der Waals surface area contributed by atoms with Crippen molar-refractivity contribution in [3.63, 3.8) is 0 Å². The summed E-state index contributed by atoms with van der Waals surface area (Å²) in [6.45, 7) is 2.70. The fourth-order valence-corrected chi connectivity index (χ4v) is 2.27. The zero-order valence-corrected chi connectivity index (χ0v) is 15.8. The van der Waals surface area contributed by atoms with Gasteiger partial charge in [0.05, 0.1) is 12.7 Å². The minimum atomic E-state index is -4.53. The van der Waals surface area contributed by atoms with Crippen molar-refractivity contribution in [1.82, 2.24) is 5.32 Å². The molecule has 28 heavy (non-hydrogen) atoms. The fraction of sp³-hybridized carbons (Fsp3) is 0.500. The molecule has 7 nitrogen and oxygen atoms in total. The van der Waals surface area contributed by atoms with Gasteiger partial charge in [-0.2, -0.15) is 13.2 Å². The van der Waals surface area contributed by atoms with E-state index in [-0.39, 0.29) is 11.6 Å². The summed E-state index contributed by atoms with van der Waals surface area (Å²) in [7, 11) is 1.20. The quantitative estimate of drug-likeness (QED) is 0.617. The SMILES string of the molecule is COC(=O)C(CC(C)C)NC(=O)COCC(=O)Nc1cccc(C(F)(F)F)c1. The maximum absolute atomic E-state index is 12.6. The van der Waals surface area contributed by atoms with Crippen molar-refractivity contribution in [3.05, 3.63) is 29.8 Å².